The highest BCUT2D eigenvalue weighted by Gasteiger charge is 2.33. The molecule has 0 aliphatic carbocycles. The summed E-state index contributed by atoms with van der Waals surface area (Å²) in [5, 5.41) is 3.41. The Kier molecular flexibility index (Phi) is 5.39. The topological polar surface area (TPSA) is 93.4 Å². The van der Waals surface area contributed by atoms with Crippen LogP contribution in [0.15, 0.2) is 88.9 Å². The fraction of sp³-hybridized carbons (Fsp3) is 0.0870. The number of hydrazone groups is 1. The Hall–Kier alpha value is -3.78. The first kappa shape index (κ1) is 20.5. The predicted octanol–water partition coefficient (Wildman–Crippen LogP) is 3.96. The van der Waals surface area contributed by atoms with Gasteiger partial charge in [0.2, 0.25) is 14.9 Å². The molecule has 7 nitrogen and oxygen atoms in total. The van der Waals surface area contributed by atoms with Gasteiger partial charge in [0.15, 0.2) is 5.82 Å². The highest BCUT2D eigenvalue weighted by molar-refractivity contribution is 8.08. The average Bonchev–Trinajstić information content (AvgIpc) is 3.12. The van der Waals surface area contributed by atoms with Crippen LogP contribution in [0.1, 0.15) is 16.2 Å². The second-order valence-corrected chi connectivity index (χ2v) is 8.89. The van der Waals surface area contributed by atoms with Crippen LogP contribution < -0.4 is 5.43 Å². The maximum Gasteiger partial charge on any atom is 0.260 e. The molecule has 1 aromatic heterocycles. The van der Waals surface area contributed by atoms with E-state index in [2.05, 4.69) is 15.5 Å². The average molecular weight is 433 g/mol. The van der Waals surface area contributed by atoms with Gasteiger partial charge in [-0.15, -0.1) is 0 Å². The fourth-order valence-electron chi connectivity index (χ4n) is 3.13. The summed E-state index contributed by atoms with van der Waals surface area (Å²) in [4.78, 5) is 17.7. The van der Waals surface area contributed by atoms with Crippen LogP contribution >= 0.6 is 0 Å². The number of carbonyl (C=O) groups excluding carboxylic acids is 1. The van der Waals surface area contributed by atoms with E-state index in [1.807, 2.05) is 31.2 Å². The minimum Gasteiger partial charge on any atom is -0.324 e. The molecule has 0 aliphatic rings. The van der Waals surface area contributed by atoms with Gasteiger partial charge in [0, 0.05) is 7.05 Å². The first-order valence-corrected chi connectivity index (χ1v) is 11.0. The van der Waals surface area contributed by atoms with Gasteiger partial charge >= 0.3 is 0 Å². The molecule has 0 amide bonds. The van der Waals surface area contributed by atoms with Gasteiger partial charge in [-0.05, 0) is 43.3 Å². The van der Waals surface area contributed by atoms with Gasteiger partial charge < -0.3 is 4.57 Å². The molecule has 156 valence electrons. The van der Waals surface area contributed by atoms with Crippen molar-refractivity contribution in [2.24, 2.45) is 12.1 Å². The minimum absolute atomic E-state index is 0.00911. The van der Waals surface area contributed by atoms with E-state index >= 15 is 0 Å². The van der Waals surface area contributed by atoms with Crippen molar-refractivity contribution in [1.29, 1.82) is 0 Å². The number of Topliss-reactive ketones (excluding diaryl/α,β-unsaturated/α-hetero) is 1. The molecule has 1 heterocycles. The third-order valence-electron chi connectivity index (χ3n) is 4.83. The molecule has 0 spiro atoms. The summed E-state index contributed by atoms with van der Waals surface area (Å²) in [6.07, 6.45) is 0. The summed E-state index contributed by atoms with van der Waals surface area (Å²) in [5.41, 5.74) is 5.62. The molecule has 8 heteroatoms. The first-order valence-electron chi connectivity index (χ1n) is 9.54. The third-order valence-corrected chi connectivity index (χ3v) is 6.51. The van der Waals surface area contributed by atoms with Gasteiger partial charge in [-0.3, -0.25) is 10.2 Å². The van der Waals surface area contributed by atoms with Gasteiger partial charge in [-0.25, -0.2) is 13.4 Å². The van der Waals surface area contributed by atoms with Crippen molar-refractivity contribution in [3.8, 4) is 0 Å². The van der Waals surface area contributed by atoms with E-state index in [0.717, 1.165) is 5.56 Å². The van der Waals surface area contributed by atoms with Crippen LogP contribution in [0.25, 0.3) is 11.0 Å². The van der Waals surface area contributed by atoms with E-state index in [-0.39, 0.29) is 10.7 Å². The molecule has 0 radical (unpaired) electrons. The third kappa shape index (κ3) is 3.97. The molecule has 3 aromatic carbocycles. The zero-order valence-corrected chi connectivity index (χ0v) is 17.8. The second-order valence-electron chi connectivity index (χ2n) is 7.02. The summed E-state index contributed by atoms with van der Waals surface area (Å²) in [6.45, 7) is 1.94. The van der Waals surface area contributed by atoms with Crippen LogP contribution in [0.4, 0.5) is 5.69 Å². The lowest BCUT2D eigenvalue weighted by Gasteiger charge is -2.09. The van der Waals surface area contributed by atoms with Crippen molar-refractivity contribution in [1.82, 2.24) is 9.55 Å². The van der Waals surface area contributed by atoms with Gasteiger partial charge in [-0.1, -0.05) is 48.0 Å². The van der Waals surface area contributed by atoms with Crippen molar-refractivity contribution >= 4 is 37.4 Å². The number of fused-ring (bicyclic) bond motifs is 1. The van der Waals surface area contributed by atoms with E-state index in [1.54, 1.807) is 54.1 Å². The summed E-state index contributed by atoms with van der Waals surface area (Å²) in [5.74, 6) is -0.799. The number of aromatic nitrogens is 2. The van der Waals surface area contributed by atoms with Crippen LogP contribution in [-0.2, 0) is 16.9 Å². The molecule has 0 saturated heterocycles. The van der Waals surface area contributed by atoms with E-state index in [1.165, 1.54) is 12.1 Å². The van der Waals surface area contributed by atoms with Gasteiger partial charge in [0.25, 0.3) is 5.78 Å². The molecule has 4 rings (SSSR count). The summed E-state index contributed by atoms with van der Waals surface area (Å²) in [6, 6.07) is 22.2. The number of nitrogens with one attached hydrogen (secondary N) is 1. The molecule has 1 N–H and O–H groups in total. The number of hydrogen-bond acceptors (Lipinski definition) is 6. The molecule has 0 bridgehead atoms. The Morgan fingerprint density at radius 1 is 0.935 bits per heavy atom. The SMILES string of the molecule is Cc1ccc(N/N=C(\C(=O)c2nc3ccccc3n2C)S(=O)(=O)c2ccccc2)cc1. The number of carbonyl (C=O) groups is 1. The Balaban J connectivity index is 1.83. The van der Waals surface area contributed by atoms with E-state index < -0.39 is 20.7 Å². The van der Waals surface area contributed by atoms with Crippen LogP contribution in [0, 0.1) is 6.92 Å². The van der Waals surface area contributed by atoms with Gasteiger partial charge in [0.1, 0.15) is 0 Å². The molecule has 31 heavy (non-hydrogen) atoms. The molecular formula is C23H20N4O3S. The van der Waals surface area contributed by atoms with Crippen molar-refractivity contribution in [3.05, 3.63) is 90.3 Å². The monoisotopic (exact) mass is 432 g/mol. The minimum atomic E-state index is -4.20. The number of anilines is 1. The highest BCUT2D eigenvalue weighted by Crippen LogP contribution is 2.19. The number of benzene rings is 3. The predicted molar refractivity (Wildman–Crippen MR) is 121 cm³/mol. The van der Waals surface area contributed by atoms with Crippen LogP contribution in [0.2, 0.25) is 0 Å². The molecule has 0 unspecified atom stereocenters. The maximum atomic E-state index is 13.4. The zero-order valence-electron chi connectivity index (χ0n) is 17.0. The molecular weight excluding hydrogens is 412 g/mol. The first-order chi connectivity index (χ1) is 14.9. The van der Waals surface area contributed by atoms with Crippen molar-refractivity contribution in [3.63, 3.8) is 0 Å². The van der Waals surface area contributed by atoms with E-state index in [0.29, 0.717) is 16.7 Å². The Morgan fingerprint density at radius 3 is 2.26 bits per heavy atom. The van der Waals surface area contributed by atoms with Crippen LogP contribution in [0.5, 0.6) is 0 Å². The zero-order chi connectivity index (χ0) is 22.0. The van der Waals surface area contributed by atoms with E-state index in [9.17, 15) is 13.2 Å². The number of sulfone groups is 1. The number of rotatable bonds is 5. The Bertz CT molecular complexity index is 1390. The largest absolute Gasteiger partial charge is 0.324 e. The van der Waals surface area contributed by atoms with E-state index in [4.69, 9.17) is 0 Å². The van der Waals surface area contributed by atoms with Gasteiger partial charge in [0.05, 0.1) is 21.6 Å². The molecule has 0 saturated carbocycles. The normalized spacial score (nSPS) is 12.1. The fourth-order valence-corrected chi connectivity index (χ4v) is 4.37. The standard InChI is InChI=1S/C23H20N4O3S/c1-16-12-14-17(15-13-16)25-26-23(31(29,30)18-8-4-3-5-9-18)21(28)22-24-19-10-6-7-11-20(19)27(22)2/h3-15,25H,1-2H3/b26-23+. The Labute approximate surface area is 180 Å². The van der Waals surface area contributed by atoms with Crippen LogP contribution in [0.3, 0.4) is 0 Å². The number of para-hydroxylation sites is 2. The number of imidazole rings is 1. The Morgan fingerprint density at radius 2 is 1.58 bits per heavy atom. The lowest BCUT2D eigenvalue weighted by atomic mass is 10.2. The molecule has 4 aromatic rings. The smallest absolute Gasteiger partial charge is 0.260 e. The summed E-state index contributed by atoms with van der Waals surface area (Å²) in [7, 11) is -2.53. The number of ketones is 1. The van der Waals surface area contributed by atoms with Crippen molar-refractivity contribution < 1.29 is 13.2 Å². The molecule has 0 atom stereocenters. The number of nitrogens with zero attached hydrogens (tertiary/aromatic N) is 3. The van der Waals surface area contributed by atoms with Crippen molar-refractivity contribution in [2.45, 2.75) is 11.8 Å². The molecule has 0 fully saturated rings. The lowest BCUT2D eigenvalue weighted by molar-refractivity contribution is 0.105. The number of hydrogen-bond donors (Lipinski definition) is 1. The summed E-state index contributed by atoms with van der Waals surface area (Å²) >= 11 is 0. The number of aryl methyl sites for hydroxylation is 2. The quantitative estimate of drug-likeness (QED) is 0.223. The summed E-state index contributed by atoms with van der Waals surface area (Å²) < 4.78 is 28.2. The maximum absolute atomic E-state index is 13.4. The van der Waals surface area contributed by atoms with Crippen molar-refractivity contribution in [2.75, 3.05) is 5.43 Å². The van der Waals surface area contributed by atoms with Crippen LogP contribution in [-0.4, -0.2) is 28.8 Å². The lowest BCUT2D eigenvalue weighted by Crippen LogP contribution is -2.28. The molecule has 0 aliphatic heterocycles. The van der Waals surface area contributed by atoms with Gasteiger partial charge in [-0.2, -0.15) is 5.10 Å². The highest BCUT2D eigenvalue weighted by atomic mass is 32.2. The second kappa shape index (κ2) is 8.16.